The van der Waals surface area contributed by atoms with Gasteiger partial charge in [-0.2, -0.15) is 5.10 Å². The van der Waals surface area contributed by atoms with Crippen molar-refractivity contribution >= 4 is 5.91 Å². The molecule has 0 spiro atoms. The van der Waals surface area contributed by atoms with Gasteiger partial charge in [-0.05, 0) is 34.9 Å². The number of hydrogen-bond acceptors (Lipinski definition) is 4. The van der Waals surface area contributed by atoms with Gasteiger partial charge >= 0.3 is 0 Å². The Bertz CT molecular complexity index is 1360. The van der Waals surface area contributed by atoms with Gasteiger partial charge in [-0.25, -0.2) is 4.39 Å². The van der Waals surface area contributed by atoms with E-state index in [9.17, 15) is 9.18 Å². The Morgan fingerprint density at radius 2 is 2.09 bits per heavy atom. The van der Waals surface area contributed by atoms with Crippen LogP contribution in [-0.2, 0) is 13.6 Å². The van der Waals surface area contributed by atoms with Gasteiger partial charge in [-0.15, -0.1) is 6.42 Å². The minimum Gasteiger partial charge on any atom is -0.355 e. The molecular formula is C25H19FN4O2. The molecule has 158 valence electrons. The van der Waals surface area contributed by atoms with E-state index in [2.05, 4.69) is 22.2 Å². The van der Waals surface area contributed by atoms with Crippen molar-refractivity contribution in [1.29, 1.82) is 0 Å². The Balaban J connectivity index is 1.45. The lowest BCUT2D eigenvalue weighted by Gasteiger charge is -2.34. The number of amides is 1. The first-order valence-electron chi connectivity index (χ1n) is 10.1. The van der Waals surface area contributed by atoms with Crippen LogP contribution in [0.25, 0.3) is 11.3 Å². The highest BCUT2D eigenvalue weighted by Gasteiger charge is 2.31. The number of aromatic nitrogens is 3. The van der Waals surface area contributed by atoms with Crippen molar-refractivity contribution in [3.63, 3.8) is 0 Å². The summed E-state index contributed by atoms with van der Waals surface area (Å²) >= 11 is 0. The molecule has 1 aliphatic rings. The molecule has 0 N–H and O–H groups in total. The Hall–Kier alpha value is -4.18. The summed E-state index contributed by atoms with van der Waals surface area (Å²) in [6, 6.07) is 13.9. The number of hydrogen-bond donors (Lipinski definition) is 0. The molecule has 6 nitrogen and oxygen atoms in total. The van der Waals surface area contributed by atoms with Crippen LogP contribution in [0.5, 0.6) is 0 Å². The fourth-order valence-corrected chi connectivity index (χ4v) is 4.14. The lowest BCUT2D eigenvalue weighted by atomic mass is 9.86. The van der Waals surface area contributed by atoms with Crippen molar-refractivity contribution in [3.05, 3.63) is 94.7 Å². The molecule has 0 aliphatic carbocycles. The quantitative estimate of drug-likeness (QED) is 0.465. The van der Waals surface area contributed by atoms with Crippen molar-refractivity contribution in [2.45, 2.75) is 12.5 Å². The maximum Gasteiger partial charge on any atom is 0.276 e. The molecule has 0 radical (unpaired) electrons. The predicted octanol–water partition coefficient (Wildman–Crippen LogP) is 3.98. The van der Waals surface area contributed by atoms with Crippen molar-refractivity contribution in [3.8, 4) is 23.7 Å². The van der Waals surface area contributed by atoms with Gasteiger partial charge in [0.15, 0.2) is 11.5 Å². The third-order valence-corrected chi connectivity index (χ3v) is 5.74. The number of aryl methyl sites for hydroxylation is 1. The summed E-state index contributed by atoms with van der Waals surface area (Å²) in [7, 11) is 1.87. The van der Waals surface area contributed by atoms with Gasteiger partial charge in [0.25, 0.3) is 5.91 Å². The molecule has 1 unspecified atom stereocenters. The summed E-state index contributed by atoms with van der Waals surface area (Å²) in [6.45, 7) is 0.939. The van der Waals surface area contributed by atoms with E-state index in [4.69, 9.17) is 10.9 Å². The fourth-order valence-electron chi connectivity index (χ4n) is 4.14. The van der Waals surface area contributed by atoms with E-state index < -0.39 is 5.82 Å². The van der Waals surface area contributed by atoms with Gasteiger partial charge in [-0.3, -0.25) is 9.48 Å². The van der Waals surface area contributed by atoms with Crippen LogP contribution in [0, 0.1) is 18.2 Å². The maximum atomic E-state index is 14.4. The molecule has 2 aromatic carbocycles. The predicted molar refractivity (Wildman–Crippen MR) is 116 cm³/mol. The second-order valence-corrected chi connectivity index (χ2v) is 7.80. The standard InChI is InChI=1S/C25H19FN4O2/c1-3-16-8-9-20(22(26)10-16)24-11-23(28-32-24)25(31)30-14-17-6-4-5-7-19(17)21(15-30)18-12-27-29(2)13-18/h1,4-13,21H,14-15H2,2H3. The highest BCUT2D eigenvalue weighted by Crippen LogP contribution is 2.34. The van der Waals surface area contributed by atoms with E-state index in [1.165, 1.54) is 23.8 Å². The molecule has 0 bridgehead atoms. The Morgan fingerprint density at radius 1 is 1.25 bits per heavy atom. The minimum atomic E-state index is -0.529. The van der Waals surface area contributed by atoms with Crippen molar-refractivity contribution in [2.75, 3.05) is 6.54 Å². The summed E-state index contributed by atoms with van der Waals surface area (Å²) in [5, 5.41) is 8.21. The van der Waals surface area contributed by atoms with Gasteiger partial charge in [0.2, 0.25) is 0 Å². The normalized spacial score (nSPS) is 15.3. The zero-order valence-electron chi connectivity index (χ0n) is 17.3. The molecule has 0 saturated heterocycles. The van der Waals surface area contributed by atoms with Gasteiger partial charge < -0.3 is 9.42 Å². The van der Waals surface area contributed by atoms with Crippen molar-refractivity contribution in [2.24, 2.45) is 7.05 Å². The zero-order valence-corrected chi connectivity index (χ0v) is 17.3. The molecule has 7 heteroatoms. The van der Waals surface area contributed by atoms with E-state index in [1.807, 2.05) is 37.6 Å². The average molecular weight is 426 g/mol. The number of halogens is 1. The molecule has 3 heterocycles. The average Bonchev–Trinajstić information content (AvgIpc) is 3.47. The Morgan fingerprint density at radius 3 is 2.84 bits per heavy atom. The number of nitrogens with zero attached hydrogens (tertiary/aromatic N) is 4. The number of rotatable bonds is 3. The number of fused-ring (bicyclic) bond motifs is 1. The third kappa shape index (κ3) is 3.46. The smallest absolute Gasteiger partial charge is 0.276 e. The summed E-state index contributed by atoms with van der Waals surface area (Å²) < 4.78 is 21.5. The first kappa shape index (κ1) is 19.8. The second kappa shape index (κ2) is 7.82. The van der Waals surface area contributed by atoms with E-state index in [1.54, 1.807) is 15.6 Å². The first-order valence-corrected chi connectivity index (χ1v) is 10.1. The molecule has 5 rings (SSSR count). The molecule has 1 atom stereocenters. The van der Waals surface area contributed by atoms with Crippen LogP contribution in [0.15, 0.2) is 65.4 Å². The molecular weight excluding hydrogens is 407 g/mol. The lowest BCUT2D eigenvalue weighted by Crippen LogP contribution is -2.38. The van der Waals surface area contributed by atoms with Gasteiger partial charge in [0.05, 0.1) is 11.8 Å². The van der Waals surface area contributed by atoms with Crippen LogP contribution in [0.1, 0.15) is 38.7 Å². The highest BCUT2D eigenvalue weighted by molar-refractivity contribution is 5.93. The summed E-state index contributed by atoms with van der Waals surface area (Å²) in [6.07, 6.45) is 9.10. The zero-order chi connectivity index (χ0) is 22.2. The summed E-state index contributed by atoms with van der Waals surface area (Å²) in [4.78, 5) is 15.0. The number of carbonyl (C=O) groups excluding carboxylic acids is 1. The van der Waals surface area contributed by atoms with Gasteiger partial charge in [-0.1, -0.05) is 35.3 Å². The van der Waals surface area contributed by atoms with Gasteiger partial charge in [0.1, 0.15) is 5.82 Å². The van der Waals surface area contributed by atoms with Crippen molar-refractivity contribution < 1.29 is 13.7 Å². The molecule has 4 aromatic rings. The van der Waals surface area contributed by atoms with Crippen LogP contribution in [0.3, 0.4) is 0 Å². The van der Waals surface area contributed by atoms with E-state index in [0.717, 1.165) is 11.1 Å². The van der Waals surface area contributed by atoms with Crippen LogP contribution < -0.4 is 0 Å². The lowest BCUT2D eigenvalue weighted by molar-refractivity contribution is 0.0714. The molecule has 2 aromatic heterocycles. The topological polar surface area (TPSA) is 64.2 Å². The minimum absolute atomic E-state index is 0.00211. The maximum absolute atomic E-state index is 14.4. The number of terminal acetylenes is 1. The molecule has 1 amide bonds. The van der Waals surface area contributed by atoms with E-state index >= 15 is 0 Å². The molecule has 0 fully saturated rings. The summed E-state index contributed by atoms with van der Waals surface area (Å²) in [5.74, 6) is 1.76. The molecule has 1 aliphatic heterocycles. The second-order valence-electron chi connectivity index (χ2n) is 7.80. The SMILES string of the molecule is C#Cc1ccc(-c2cc(C(=O)N3Cc4ccccc4C(c4cnn(C)c4)C3)no2)c(F)c1. The fraction of sp³-hybridized carbons (Fsp3) is 0.160. The largest absolute Gasteiger partial charge is 0.355 e. The third-order valence-electron chi connectivity index (χ3n) is 5.74. The Labute approximate surface area is 184 Å². The number of benzene rings is 2. The van der Waals surface area contributed by atoms with Crippen LogP contribution in [-0.4, -0.2) is 32.3 Å². The molecule has 32 heavy (non-hydrogen) atoms. The molecule has 0 saturated carbocycles. The van der Waals surface area contributed by atoms with E-state index in [-0.39, 0.29) is 28.8 Å². The van der Waals surface area contributed by atoms with Crippen LogP contribution in [0.4, 0.5) is 4.39 Å². The monoisotopic (exact) mass is 426 g/mol. The van der Waals surface area contributed by atoms with E-state index in [0.29, 0.717) is 18.7 Å². The highest BCUT2D eigenvalue weighted by atomic mass is 19.1. The number of carbonyl (C=O) groups is 1. The Kier molecular flexibility index (Phi) is 4.83. The van der Waals surface area contributed by atoms with Crippen LogP contribution in [0.2, 0.25) is 0 Å². The van der Waals surface area contributed by atoms with Gasteiger partial charge in [0, 0.05) is 43.9 Å². The van der Waals surface area contributed by atoms with Crippen LogP contribution >= 0.6 is 0 Å². The first-order chi connectivity index (χ1) is 15.5. The summed E-state index contributed by atoms with van der Waals surface area (Å²) in [5.41, 5.74) is 4.05. The van der Waals surface area contributed by atoms with Crippen molar-refractivity contribution in [1.82, 2.24) is 19.8 Å².